The van der Waals surface area contributed by atoms with Crippen LogP contribution in [0.3, 0.4) is 0 Å². The van der Waals surface area contributed by atoms with Crippen molar-refractivity contribution in [1.29, 1.82) is 0 Å². The first kappa shape index (κ1) is 11.0. The van der Waals surface area contributed by atoms with E-state index in [1.165, 1.54) is 17.8 Å². The lowest BCUT2D eigenvalue weighted by molar-refractivity contribution is 0.424. The monoisotopic (exact) mass is 264 g/mol. The molecule has 70 valence electrons. The molecule has 0 heterocycles. The largest absolute Gasteiger partial charge is 0.489 e. The van der Waals surface area contributed by atoms with E-state index in [9.17, 15) is 4.39 Å². The first-order chi connectivity index (χ1) is 6.06. The quantitative estimate of drug-likeness (QED) is 0.618. The van der Waals surface area contributed by atoms with Gasteiger partial charge in [-0.2, -0.15) is 0 Å². The van der Waals surface area contributed by atoms with Crippen molar-refractivity contribution in [3.63, 3.8) is 0 Å². The van der Waals surface area contributed by atoms with Gasteiger partial charge in [0.25, 0.3) is 0 Å². The van der Waals surface area contributed by atoms with Gasteiger partial charge < -0.3 is 10.0 Å². The van der Waals surface area contributed by atoms with Gasteiger partial charge in [-0.15, -0.1) is 11.8 Å². The summed E-state index contributed by atoms with van der Waals surface area (Å²) in [5, 5.41) is 17.9. The van der Waals surface area contributed by atoms with Crippen LogP contribution in [0.4, 0.5) is 4.39 Å². The van der Waals surface area contributed by atoms with Gasteiger partial charge in [-0.25, -0.2) is 4.39 Å². The van der Waals surface area contributed by atoms with E-state index in [0.717, 1.165) is 6.07 Å². The minimum absolute atomic E-state index is 0.180. The Morgan fingerprint density at radius 2 is 2.08 bits per heavy atom. The Balaban J connectivity index is 3.29. The van der Waals surface area contributed by atoms with Crippen molar-refractivity contribution in [2.24, 2.45) is 0 Å². The van der Waals surface area contributed by atoms with Gasteiger partial charge in [0.05, 0.1) is 0 Å². The fourth-order valence-electron chi connectivity index (χ4n) is 0.987. The summed E-state index contributed by atoms with van der Waals surface area (Å²) in [7, 11) is -1.64. The topological polar surface area (TPSA) is 40.5 Å². The number of hydrogen-bond donors (Lipinski definition) is 2. The molecule has 2 N–H and O–H groups in total. The van der Waals surface area contributed by atoms with Crippen molar-refractivity contribution in [3.05, 3.63) is 22.4 Å². The molecule has 0 fully saturated rings. The van der Waals surface area contributed by atoms with Crippen molar-refractivity contribution in [2.45, 2.75) is 4.90 Å². The molecule has 0 spiro atoms. The van der Waals surface area contributed by atoms with Crippen molar-refractivity contribution in [1.82, 2.24) is 0 Å². The van der Waals surface area contributed by atoms with Crippen LogP contribution < -0.4 is 5.46 Å². The third kappa shape index (κ3) is 2.46. The molecular weight excluding hydrogens is 258 g/mol. The molecular formula is C7H7BBrFO2S. The molecule has 0 saturated carbocycles. The lowest BCUT2D eigenvalue weighted by Crippen LogP contribution is -2.32. The number of hydrogen-bond acceptors (Lipinski definition) is 3. The molecule has 1 aromatic rings. The Kier molecular flexibility index (Phi) is 3.79. The summed E-state index contributed by atoms with van der Waals surface area (Å²) in [6, 6.07) is 2.40. The standard InChI is InChI=1S/C7H7BBrFO2S/c1-13-7-5(8(11)12)2-4(10)3-6(7)9/h2-3,11-12H,1H3. The molecule has 0 radical (unpaired) electrons. The summed E-state index contributed by atoms with van der Waals surface area (Å²) in [5.74, 6) is -0.493. The predicted molar refractivity (Wildman–Crippen MR) is 55.7 cm³/mol. The van der Waals surface area contributed by atoms with Crippen molar-refractivity contribution in [2.75, 3.05) is 6.26 Å². The maximum atomic E-state index is 12.8. The highest BCUT2D eigenvalue weighted by Crippen LogP contribution is 2.24. The molecule has 1 aromatic carbocycles. The molecule has 0 bridgehead atoms. The molecule has 0 atom stereocenters. The first-order valence-corrected chi connectivity index (χ1v) is 5.47. The van der Waals surface area contributed by atoms with E-state index >= 15 is 0 Å². The molecule has 2 nitrogen and oxygen atoms in total. The van der Waals surface area contributed by atoms with Crippen LogP contribution in [0.2, 0.25) is 0 Å². The van der Waals surface area contributed by atoms with Gasteiger partial charge >= 0.3 is 7.12 Å². The fraction of sp³-hybridized carbons (Fsp3) is 0.143. The fourth-order valence-corrected chi connectivity index (χ4v) is 2.57. The minimum Gasteiger partial charge on any atom is -0.423 e. The van der Waals surface area contributed by atoms with Gasteiger partial charge in [0, 0.05) is 9.37 Å². The highest BCUT2D eigenvalue weighted by Gasteiger charge is 2.18. The Labute approximate surface area is 88.4 Å². The zero-order valence-corrected chi connectivity index (χ0v) is 9.19. The van der Waals surface area contributed by atoms with E-state index in [0.29, 0.717) is 9.37 Å². The third-order valence-corrected chi connectivity index (χ3v) is 3.27. The molecule has 0 aliphatic heterocycles. The van der Waals surface area contributed by atoms with Crippen molar-refractivity contribution >= 4 is 40.3 Å². The summed E-state index contributed by atoms with van der Waals surface area (Å²) >= 11 is 4.47. The molecule has 6 heteroatoms. The van der Waals surface area contributed by atoms with Crippen LogP contribution in [0.1, 0.15) is 0 Å². The van der Waals surface area contributed by atoms with Gasteiger partial charge in [-0.3, -0.25) is 0 Å². The first-order valence-electron chi connectivity index (χ1n) is 3.45. The van der Waals surface area contributed by atoms with Gasteiger partial charge in [0.1, 0.15) is 5.82 Å². The number of benzene rings is 1. The third-order valence-electron chi connectivity index (χ3n) is 1.52. The van der Waals surface area contributed by atoms with E-state index in [4.69, 9.17) is 10.0 Å². The van der Waals surface area contributed by atoms with E-state index < -0.39 is 12.9 Å². The van der Waals surface area contributed by atoms with Crippen molar-refractivity contribution < 1.29 is 14.4 Å². The summed E-state index contributed by atoms with van der Waals surface area (Å²) in [4.78, 5) is 0.636. The molecule has 0 amide bonds. The minimum atomic E-state index is -1.64. The van der Waals surface area contributed by atoms with Crippen LogP contribution in [-0.4, -0.2) is 23.4 Å². The van der Waals surface area contributed by atoms with Crippen LogP contribution in [-0.2, 0) is 0 Å². The molecule has 0 saturated heterocycles. The number of thioether (sulfide) groups is 1. The zero-order valence-electron chi connectivity index (χ0n) is 6.79. The highest BCUT2D eigenvalue weighted by atomic mass is 79.9. The highest BCUT2D eigenvalue weighted by molar-refractivity contribution is 9.10. The SMILES string of the molecule is CSc1c(Br)cc(F)cc1B(O)O. The van der Waals surface area contributed by atoms with Gasteiger partial charge in [0.15, 0.2) is 0 Å². The van der Waals surface area contributed by atoms with E-state index in [2.05, 4.69) is 15.9 Å². The van der Waals surface area contributed by atoms with E-state index in [1.54, 1.807) is 6.26 Å². The zero-order chi connectivity index (χ0) is 10.0. The van der Waals surface area contributed by atoms with Crippen LogP contribution in [0.15, 0.2) is 21.5 Å². The summed E-state index contributed by atoms with van der Waals surface area (Å²) < 4.78 is 13.4. The lowest BCUT2D eigenvalue weighted by atomic mass is 9.80. The van der Waals surface area contributed by atoms with Gasteiger partial charge in [-0.05, 0) is 39.8 Å². The lowest BCUT2D eigenvalue weighted by Gasteiger charge is -2.08. The van der Waals surface area contributed by atoms with Crippen LogP contribution in [0.25, 0.3) is 0 Å². The smallest absolute Gasteiger partial charge is 0.423 e. The second-order valence-corrected chi connectivity index (χ2v) is 4.05. The molecule has 0 aliphatic carbocycles. The second-order valence-electron chi connectivity index (χ2n) is 2.38. The Morgan fingerprint density at radius 1 is 1.46 bits per heavy atom. The average Bonchev–Trinajstić information content (AvgIpc) is 2.02. The average molecular weight is 265 g/mol. The molecule has 1 rings (SSSR count). The Bertz CT molecular complexity index is 322. The maximum Gasteiger partial charge on any atom is 0.489 e. The summed E-state index contributed by atoms with van der Waals surface area (Å²) in [6.45, 7) is 0. The van der Waals surface area contributed by atoms with E-state index in [-0.39, 0.29) is 5.46 Å². The molecule has 0 aromatic heterocycles. The van der Waals surface area contributed by atoms with Crippen LogP contribution in [0, 0.1) is 5.82 Å². The van der Waals surface area contributed by atoms with Crippen LogP contribution >= 0.6 is 27.7 Å². The number of rotatable bonds is 2. The van der Waals surface area contributed by atoms with Gasteiger partial charge in [-0.1, -0.05) is 0 Å². The summed E-state index contributed by atoms with van der Waals surface area (Å²) in [5.41, 5.74) is 0.180. The second kappa shape index (κ2) is 4.46. The Hall–Kier alpha value is -0.0351. The molecule has 13 heavy (non-hydrogen) atoms. The molecule has 0 unspecified atom stereocenters. The van der Waals surface area contributed by atoms with Crippen molar-refractivity contribution in [3.8, 4) is 0 Å². The number of halogens is 2. The normalized spacial score (nSPS) is 10.2. The van der Waals surface area contributed by atoms with Gasteiger partial charge in [0.2, 0.25) is 0 Å². The molecule has 0 aliphatic rings. The van der Waals surface area contributed by atoms with E-state index in [1.807, 2.05) is 0 Å². The van der Waals surface area contributed by atoms with Crippen LogP contribution in [0.5, 0.6) is 0 Å². The maximum absolute atomic E-state index is 12.8. The predicted octanol–water partition coefficient (Wildman–Crippen LogP) is 0.990. The Morgan fingerprint density at radius 3 is 2.54 bits per heavy atom. The summed E-state index contributed by atoms with van der Waals surface area (Å²) in [6.07, 6.45) is 1.78.